The summed E-state index contributed by atoms with van der Waals surface area (Å²) in [5, 5.41) is 18.6. The first-order chi connectivity index (χ1) is 5.57. The summed E-state index contributed by atoms with van der Waals surface area (Å²) in [4.78, 5) is 0. The van der Waals surface area contributed by atoms with Gasteiger partial charge >= 0.3 is 0 Å². The van der Waals surface area contributed by atoms with Crippen molar-refractivity contribution in [3.63, 3.8) is 0 Å². The lowest BCUT2D eigenvalue weighted by molar-refractivity contribution is 0.280. The van der Waals surface area contributed by atoms with Gasteiger partial charge in [0.1, 0.15) is 5.75 Å². The van der Waals surface area contributed by atoms with Gasteiger partial charge in [0.05, 0.1) is 11.6 Å². The maximum atomic E-state index is 9.29. The fourth-order valence-corrected chi connectivity index (χ4v) is 1.39. The summed E-state index contributed by atoms with van der Waals surface area (Å²) in [6.07, 6.45) is 0. The molecule has 0 aliphatic heterocycles. The molecule has 0 saturated heterocycles. The van der Waals surface area contributed by atoms with Gasteiger partial charge in [0, 0.05) is 0 Å². The second-order valence-corrected chi connectivity index (χ2v) is 3.17. The van der Waals surface area contributed by atoms with Crippen LogP contribution >= 0.6 is 11.6 Å². The Bertz CT molecular complexity index is 308. The zero-order valence-corrected chi connectivity index (χ0v) is 7.81. The number of aliphatic hydroxyl groups excluding tert-OH is 1. The standard InChI is InChI=1S/C9H11ClO2/c1-5-3-8(12)9(10)6(2)7(5)4-11/h3,11-12H,4H2,1-2H3. The van der Waals surface area contributed by atoms with E-state index in [-0.39, 0.29) is 12.4 Å². The number of phenolic OH excluding ortho intramolecular Hbond substituents is 1. The van der Waals surface area contributed by atoms with Crippen LogP contribution in [0, 0.1) is 13.8 Å². The Labute approximate surface area is 76.4 Å². The van der Waals surface area contributed by atoms with E-state index in [9.17, 15) is 5.11 Å². The van der Waals surface area contributed by atoms with Crippen LogP contribution in [-0.4, -0.2) is 10.2 Å². The molecular weight excluding hydrogens is 176 g/mol. The fourth-order valence-electron chi connectivity index (χ4n) is 1.22. The van der Waals surface area contributed by atoms with Gasteiger partial charge in [-0.1, -0.05) is 11.6 Å². The predicted molar refractivity (Wildman–Crippen MR) is 48.5 cm³/mol. The van der Waals surface area contributed by atoms with E-state index in [4.69, 9.17) is 16.7 Å². The third kappa shape index (κ3) is 1.40. The van der Waals surface area contributed by atoms with E-state index in [2.05, 4.69) is 0 Å². The topological polar surface area (TPSA) is 40.5 Å². The summed E-state index contributed by atoms with van der Waals surface area (Å²) in [5.74, 6) is 0.0730. The summed E-state index contributed by atoms with van der Waals surface area (Å²) in [7, 11) is 0. The summed E-state index contributed by atoms with van der Waals surface area (Å²) >= 11 is 5.77. The number of hydrogen-bond acceptors (Lipinski definition) is 2. The Morgan fingerprint density at radius 1 is 1.42 bits per heavy atom. The minimum Gasteiger partial charge on any atom is -0.506 e. The smallest absolute Gasteiger partial charge is 0.134 e. The van der Waals surface area contributed by atoms with E-state index < -0.39 is 0 Å². The Hall–Kier alpha value is -0.730. The number of hydrogen-bond donors (Lipinski definition) is 2. The predicted octanol–water partition coefficient (Wildman–Crippen LogP) is 2.15. The quantitative estimate of drug-likeness (QED) is 0.706. The Kier molecular flexibility index (Phi) is 2.60. The molecular formula is C9H11ClO2. The summed E-state index contributed by atoms with van der Waals surface area (Å²) in [6.45, 7) is 3.56. The van der Waals surface area contributed by atoms with E-state index >= 15 is 0 Å². The molecule has 66 valence electrons. The molecule has 0 saturated carbocycles. The van der Waals surface area contributed by atoms with Gasteiger partial charge in [0.15, 0.2) is 0 Å². The molecule has 1 aromatic carbocycles. The van der Waals surface area contributed by atoms with Crippen molar-refractivity contribution in [2.75, 3.05) is 0 Å². The first-order valence-electron chi connectivity index (χ1n) is 3.66. The molecule has 0 fully saturated rings. The van der Waals surface area contributed by atoms with E-state index in [0.717, 1.165) is 16.7 Å². The van der Waals surface area contributed by atoms with Gasteiger partial charge in [-0.05, 0) is 36.6 Å². The number of benzene rings is 1. The van der Waals surface area contributed by atoms with E-state index in [1.54, 1.807) is 13.0 Å². The van der Waals surface area contributed by atoms with E-state index in [1.165, 1.54) is 0 Å². The zero-order chi connectivity index (χ0) is 9.30. The molecule has 1 rings (SSSR count). The molecule has 1 aromatic rings. The number of aryl methyl sites for hydroxylation is 1. The molecule has 12 heavy (non-hydrogen) atoms. The lowest BCUT2D eigenvalue weighted by Gasteiger charge is -2.09. The maximum Gasteiger partial charge on any atom is 0.134 e. The van der Waals surface area contributed by atoms with Gasteiger partial charge in [0.25, 0.3) is 0 Å². The van der Waals surface area contributed by atoms with Crippen molar-refractivity contribution in [1.82, 2.24) is 0 Å². The Morgan fingerprint density at radius 2 is 2.00 bits per heavy atom. The molecule has 0 aliphatic carbocycles. The molecule has 0 radical (unpaired) electrons. The van der Waals surface area contributed by atoms with Crippen LogP contribution in [0.3, 0.4) is 0 Å². The van der Waals surface area contributed by atoms with Crippen molar-refractivity contribution in [3.05, 3.63) is 27.8 Å². The molecule has 0 atom stereocenters. The summed E-state index contributed by atoms with van der Waals surface area (Å²) < 4.78 is 0. The highest BCUT2D eigenvalue weighted by Gasteiger charge is 2.09. The molecule has 3 heteroatoms. The molecule has 2 nitrogen and oxygen atoms in total. The fraction of sp³-hybridized carbons (Fsp3) is 0.333. The highest BCUT2D eigenvalue weighted by atomic mass is 35.5. The SMILES string of the molecule is Cc1cc(O)c(Cl)c(C)c1CO. The van der Waals surface area contributed by atoms with Crippen LogP contribution in [0.2, 0.25) is 5.02 Å². The lowest BCUT2D eigenvalue weighted by Crippen LogP contribution is -1.94. The lowest BCUT2D eigenvalue weighted by atomic mass is 10.0. The van der Waals surface area contributed by atoms with Crippen LogP contribution in [-0.2, 0) is 6.61 Å². The Balaban J connectivity index is 3.40. The third-order valence-electron chi connectivity index (χ3n) is 1.99. The van der Waals surface area contributed by atoms with Crippen molar-refractivity contribution in [2.24, 2.45) is 0 Å². The van der Waals surface area contributed by atoms with Crippen LogP contribution in [0.1, 0.15) is 16.7 Å². The first-order valence-corrected chi connectivity index (χ1v) is 4.04. The first kappa shape index (κ1) is 9.36. The second kappa shape index (κ2) is 3.33. The van der Waals surface area contributed by atoms with Crippen molar-refractivity contribution in [3.8, 4) is 5.75 Å². The van der Waals surface area contributed by atoms with Crippen LogP contribution < -0.4 is 0 Å². The minimum atomic E-state index is -0.0440. The number of phenols is 1. The molecule has 0 aromatic heterocycles. The highest BCUT2D eigenvalue weighted by Crippen LogP contribution is 2.31. The summed E-state index contributed by atoms with van der Waals surface area (Å²) in [6, 6.07) is 1.56. The zero-order valence-electron chi connectivity index (χ0n) is 7.06. The maximum absolute atomic E-state index is 9.29. The molecule has 0 amide bonds. The van der Waals surface area contributed by atoms with Gasteiger partial charge in [-0.3, -0.25) is 0 Å². The monoisotopic (exact) mass is 186 g/mol. The van der Waals surface area contributed by atoms with E-state index in [1.807, 2.05) is 6.92 Å². The van der Waals surface area contributed by atoms with Crippen molar-refractivity contribution < 1.29 is 10.2 Å². The van der Waals surface area contributed by atoms with E-state index in [0.29, 0.717) is 5.02 Å². The van der Waals surface area contributed by atoms with Gasteiger partial charge in [-0.25, -0.2) is 0 Å². The molecule has 0 bridgehead atoms. The van der Waals surface area contributed by atoms with Crippen molar-refractivity contribution in [2.45, 2.75) is 20.5 Å². The summed E-state index contributed by atoms with van der Waals surface area (Å²) in [5.41, 5.74) is 2.39. The van der Waals surface area contributed by atoms with Crippen LogP contribution in [0.25, 0.3) is 0 Å². The minimum absolute atomic E-state index is 0.0440. The average molecular weight is 187 g/mol. The number of halogens is 1. The average Bonchev–Trinajstić information content (AvgIpc) is 2.01. The van der Waals surface area contributed by atoms with Crippen LogP contribution in [0.5, 0.6) is 5.75 Å². The van der Waals surface area contributed by atoms with Crippen molar-refractivity contribution >= 4 is 11.6 Å². The normalized spacial score (nSPS) is 10.3. The third-order valence-corrected chi connectivity index (χ3v) is 2.47. The van der Waals surface area contributed by atoms with Gasteiger partial charge < -0.3 is 10.2 Å². The second-order valence-electron chi connectivity index (χ2n) is 2.79. The van der Waals surface area contributed by atoms with Crippen LogP contribution in [0.4, 0.5) is 0 Å². The highest BCUT2D eigenvalue weighted by molar-refractivity contribution is 6.32. The molecule has 0 aliphatic rings. The Morgan fingerprint density at radius 3 is 2.50 bits per heavy atom. The number of rotatable bonds is 1. The van der Waals surface area contributed by atoms with Gasteiger partial charge in [-0.15, -0.1) is 0 Å². The number of aromatic hydroxyl groups is 1. The molecule has 0 spiro atoms. The van der Waals surface area contributed by atoms with Crippen LogP contribution in [0.15, 0.2) is 6.07 Å². The van der Waals surface area contributed by atoms with Gasteiger partial charge in [0.2, 0.25) is 0 Å². The molecule has 2 N–H and O–H groups in total. The molecule has 0 heterocycles. The largest absolute Gasteiger partial charge is 0.506 e. The van der Waals surface area contributed by atoms with Crippen molar-refractivity contribution in [1.29, 1.82) is 0 Å². The molecule has 0 unspecified atom stereocenters. The number of aliphatic hydroxyl groups is 1. The van der Waals surface area contributed by atoms with Gasteiger partial charge in [-0.2, -0.15) is 0 Å².